The van der Waals surface area contributed by atoms with Crippen LogP contribution in [0, 0.1) is 43.9 Å². The van der Waals surface area contributed by atoms with Gasteiger partial charge in [0.2, 0.25) is 5.91 Å². The largest absolute Gasteiger partial charge is 0.348 e. The number of hydrogen-bond donors (Lipinski definition) is 1. The van der Waals surface area contributed by atoms with Gasteiger partial charge in [0.1, 0.15) is 11.9 Å². The van der Waals surface area contributed by atoms with Crippen LogP contribution in [0.25, 0.3) is 0 Å². The lowest BCUT2D eigenvalue weighted by Crippen LogP contribution is -2.43. The molecule has 1 saturated heterocycles. The molecule has 3 aromatic heterocycles. The summed E-state index contributed by atoms with van der Waals surface area (Å²) in [5.74, 6) is 1.51. The van der Waals surface area contributed by atoms with Crippen LogP contribution in [0.1, 0.15) is 82.3 Å². The molecule has 3 aliphatic rings. The van der Waals surface area contributed by atoms with Crippen LogP contribution in [-0.4, -0.2) is 49.4 Å². The van der Waals surface area contributed by atoms with E-state index < -0.39 is 0 Å². The van der Waals surface area contributed by atoms with Crippen molar-refractivity contribution in [1.29, 1.82) is 5.26 Å². The highest BCUT2D eigenvalue weighted by Gasteiger charge is 2.53. The number of pyridine rings is 2. The highest BCUT2D eigenvalue weighted by molar-refractivity contribution is 5.99. The zero-order valence-electron chi connectivity index (χ0n) is 22.0. The smallest absolute Gasteiger partial charge is 0.273 e. The molecule has 6 rings (SSSR count). The molecule has 0 spiro atoms. The molecule has 1 aliphatic heterocycles. The molecule has 38 heavy (non-hydrogen) atoms. The first-order valence-corrected chi connectivity index (χ1v) is 13.1. The van der Waals surface area contributed by atoms with Crippen molar-refractivity contribution in [1.82, 2.24) is 30.3 Å². The summed E-state index contributed by atoms with van der Waals surface area (Å²) in [7, 11) is 0. The van der Waals surface area contributed by atoms with Gasteiger partial charge in [0.05, 0.1) is 23.5 Å². The van der Waals surface area contributed by atoms with E-state index in [4.69, 9.17) is 0 Å². The quantitative estimate of drug-likeness (QED) is 0.539. The number of carbonyl (C=O) groups is 2. The van der Waals surface area contributed by atoms with Gasteiger partial charge in [0, 0.05) is 36.3 Å². The van der Waals surface area contributed by atoms with Gasteiger partial charge in [0.25, 0.3) is 5.91 Å². The summed E-state index contributed by atoms with van der Waals surface area (Å²) in [5.41, 5.74) is 5.57. The van der Waals surface area contributed by atoms with Crippen LogP contribution in [0.15, 0.2) is 24.5 Å². The minimum Gasteiger partial charge on any atom is -0.348 e. The van der Waals surface area contributed by atoms with Gasteiger partial charge in [-0.2, -0.15) is 5.26 Å². The van der Waals surface area contributed by atoms with Gasteiger partial charge in [-0.3, -0.25) is 19.5 Å². The number of carbonyl (C=O) groups excluding carboxylic acids is 2. The van der Waals surface area contributed by atoms with Crippen molar-refractivity contribution in [2.45, 2.75) is 65.0 Å². The normalized spacial score (nSPS) is 24.4. The Morgan fingerprint density at radius 3 is 2.68 bits per heavy atom. The average Bonchev–Trinajstić information content (AvgIpc) is 3.33. The minimum absolute atomic E-state index is 0.00454. The van der Waals surface area contributed by atoms with Crippen LogP contribution in [0.2, 0.25) is 0 Å². The predicted molar refractivity (Wildman–Crippen MR) is 138 cm³/mol. The lowest BCUT2D eigenvalue weighted by molar-refractivity contribution is -0.118. The van der Waals surface area contributed by atoms with E-state index in [0.717, 1.165) is 59.7 Å². The summed E-state index contributed by atoms with van der Waals surface area (Å²) in [4.78, 5) is 36.5. The molecular weight excluding hydrogens is 480 g/mol. The van der Waals surface area contributed by atoms with Crippen LogP contribution in [0.3, 0.4) is 0 Å². The monoisotopic (exact) mass is 510 g/mol. The molecule has 10 nitrogen and oxygen atoms in total. The molecule has 1 N–H and O–H groups in total. The summed E-state index contributed by atoms with van der Waals surface area (Å²) in [6.45, 7) is 8.70. The Morgan fingerprint density at radius 2 is 1.97 bits per heavy atom. The van der Waals surface area contributed by atoms with Gasteiger partial charge in [-0.1, -0.05) is 5.21 Å². The maximum absolute atomic E-state index is 12.9. The Kier molecular flexibility index (Phi) is 5.74. The molecule has 0 aromatic carbocycles. The van der Waals surface area contributed by atoms with Gasteiger partial charge in [-0.05, 0) is 81.7 Å². The molecule has 3 aromatic rings. The Labute approximate surface area is 221 Å². The first-order valence-electron chi connectivity index (χ1n) is 13.1. The second kappa shape index (κ2) is 9.01. The van der Waals surface area contributed by atoms with E-state index in [1.807, 2.05) is 50.9 Å². The van der Waals surface area contributed by atoms with Crippen molar-refractivity contribution in [2.75, 3.05) is 11.4 Å². The van der Waals surface area contributed by atoms with E-state index in [1.54, 1.807) is 10.9 Å². The third-order valence-corrected chi connectivity index (χ3v) is 8.47. The Hall–Kier alpha value is -4.13. The van der Waals surface area contributed by atoms with E-state index >= 15 is 0 Å². The van der Waals surface area contributed by atoms with Crippen LogP contribution in [0.5, 0.6) is 0 Å². The molecule has 2 amide bonds. The number of piperidine rings is 1. The number of anilines is 1. The third-order valence-electron chi connectivity index (χ3n) is 8.47. The molecule has 4 heterocycles. The number of aromatic nitrogens is 5. The van der Waals surface area contributed by atoms with Crippen LogP contribution >= 0.6 is 0 Å². The minimum atomic E-state index is -0.267. The van der Waals surface area contributed by atoms with Gasteiger partial charge < -0.3 is 5.32 Å². The van der Waals surface area contributed by atoms with Crippen molar-refractivity contribution in [3.05, 3.63) is 63.9 Å². The fourth-order valence-corrected chi connectivity index (χ4v) is 5.78. The molecule has 194 valence electrons. The van der Waals surface area contributed by atoms with E-state index in [2.05, 4.69) is 31.7 Å². The highest BCUT2D eigenvalue weighted by Crippen LogP contribution is 2.47. The van der Waals surface area contributed by atoms with Crippen LogP contribution < -0.4 is 10.2 Å². The Morgan fingerprint density at radius 1 is 1.18 bits per heavy atom. The Bertz CT molecular complexity index is 1500. The lowest BCUT2D eigenvalue weighted by atomic mass is 9.76. The molecule has 3 atom stereocenters. The van der Waals surface area contributed by atoms with Gasteiger partial charge >= 0.3 is 0 Å². The van der Waals surface area contributed by atoms with Crippen LogP contribution in [0.4, 0.5) is 5.82 Å². The molecule has 10 heteroatoms. The summed E-state index contributed by atoms with van der Waals surface area (Å²) in [5, 5.41) is 20.8. The molecule has 2 saturated carbocycles. The SMILES string of the molecule is Cc1ccc(C#N)c(C2CC(NC(=O)c3cn([C@@H](C)c4cnc(N5C[C@H]6C[C@H]6C5=O)c(C)c4C)nn3)C2)n1. The fourth-order valence-electron chi connectivity index (χ4n) is 5.78. The third kappa shape index (κ3) is 4.02. The number of aryl methyl sites for hydroxylation is 1. The summed E-state index contributed by atoms with van der Waals surface area (Å²) in [6, 6.07) is 5.69. The molecular formula is C28H30N8O2. The van der Waals surface area contributed by atoms with E-state index in [1.165, 1.54) is 0 Å². The molecule has 0 radical (unpaired) electrons. The Balaban J connectivity index is 1.11. The molecule has 2 aliphatic carbocycles. The maximum Gasteiger partial charge on any atom is 0.273 e. The zero-order chi connectivity index (χ0) is 26.7. The highest BCUT2D eigenvalue weighted by atomic mass is 16.2. The zero-order valence-corrected chi connectivity index (χ0v) is 22.0. The second-order valence-electron chi connectivity index (χ2n) is 10.9. The van der Waals surface area contributed by atoms with Crippen molar-refractivity contribution in [2.24, 2.45) is 11.8 Å². The fraction of sp³-hybridized carbons (Fsp3) is 0.464. The average molecular weight is 511 g/mol. The number of nitrogens with one attached hydrogen (secondary N) is 1. The van der Waals surface area contributed by atoms with E-state index in [0.29, 0.717) is 11.5 Å². The maximum atomic E-state index is 12.9. The standard InChI is InChI=1S/C28H30N8O2/c1-14-5-6-18(10-29)25(31-14)19-7-21(8-19)32-27(37)24-13-36(34-33-24)17(4)23-11-30-26(16(3)15(23)2)35-12-20-9-22(20)28(35)38/h5-6,11,13,17,19-22H,7-9,12H2,1-4H3,(H,32,37)/t17-,19?,20+,21?,22+/m0/s1. The van der Waals surface area contributed by atoms with Crippen LogP contribution in [-0.2, 0) is 4.79 Å². The number of nitriles is 1. The number of hydrogen-bond acceptors (Lipinski definition) is 7. The predicted octanol–water partition coefficient (Wildman–Crippen LogP) is 3.13. The summed E-state index contributed by atoms with van der Waals surface area (Å²) >= 11 is 0. The first-order chi connectivity index (χ1) is 18.2. The van der Waals surface area contributed by atoms with Gasteiger partial charge in [0.15, 0.2) is 5.69 Å². The molecule has 3 fully saturated rings. The van der Waals surface area contributed by atoms with E-state index in [9.17, 15) is 14.9 Å². The van der Waals surface area contributed by atoms with Crippen molar-refractivity contribution in [3.8, 4) is 6.07 Å². The second-order valence-corrected chi connectivity index (χ2v) is 10.9. The lowest BCUT2D eigenvalue weighted by Gasteiger charge is -2.35. The van der Waals surface area contributed by atoms with Gasteiger partial charge in [-0.25, -0.2) is 9.67 Å². The van der Waals surface area contributed by atoms with E-state index in [-0.39, 0.29) is 41.4 Å². The molecule has 0 bridgehead atoms. The number of nitrogens with zero attached hydrogens (tertiary/aromatic N) is 7. The van der Waals surface area contributed by atoms with Gasteiger partial charge in [-0.15, -0.1) is 5.10 Å². The van der Waals surface area contributed by atoms with Crippen molar-refractivity contribution >= 4 is 17.6 Å². The first kappa shape index (κ1) is 24.2. The topological polar surface area (TPSA) is 130 Å². The number of fused-ring (bicyclic) bond motifs is 1. The number of amides is 2. The summed E-state index contributed by atoms with van der Waals surface area (Å²) < 4.78 is 1.67. The van der Waals surface area contributed by atoms with Crippen molar-refractivity contribution in [3.63, 3.8) is 0 Å². The van der Waals surface area contributed by atoms with Crippen molar-refractivity contribution < 1.29 is 9.59 Å². The molecule has 0 unspecified atom stereocenters. The summed E-state index contributed by atoms with van der Waals surface area (Å²) in [6.07, 6.45) is 5.95. The number of rotatable bonds is 6.